The maximum atomic E-state index is 12.6. The summed E-state index contributed by atoms with van der Waals surface area (Å²) < 4.78 is 33.0. The molecule has 0 saturated heterocycles. The Hall–Kier alpha value is -3.03. The largest absolute Gasteiger partial charge is 0.497 e. The van der Waals surface area contributed by atoms with Crippen LogP contribution < -0.4 is 9.46 Å². The first-order valence-electron chi connectivity index (χ1n) is 10.3. The molecule has 0 saturated carbocycles. The lowest BCUT2D eigenvalue weighted by molar-refractivity contribution is 0.246. The predicted octanol–water partition coefficient (Wildman–Crippen LogP) is 5.32. The summed E-state index contributed by atoms with van der Waals surface area (Å²) in [7, 11) is -2.03. The Morgan fingerprint density at radius 2 is 1.69 bits per heavy atom. The van der Waals surface area contributed by atoms with E-state index in [0.717, 1.165) is 30.0 Å². The molecule has 0 bridgehead atoms. The van der Waals surface area contributed by atoms with Gasteiger partial charge in [-0.05, 0) is 66.6 Å². The quantitative estimate of drug-likeness (QED) is 0.508. The Kier molecular flexibility index (Phi) is 6.39. The molecular formula is C24H24ClN3O3S. The maximum Gasteiger partial charge on any atom is 0.261 e. The number of hydrogen-bond donors (Lipinski definition) is 1. The van der Waals surface area contributed by atoms with Gasteiger partial charge in [0.2, 0.25) is 0 Å². The van der Waals surface area contributed by atoms with E-state index in [1.54, 1.807) is 31.4 Å². The zero-order chi connectivity index (χ0) is 22.7. The predicted molar refractivity (Wildman–Crippen MR) is 128 cm³/mol. The molecule has 0 fully saturated rings. The highest BCUT2D eigenvalue weighted by Gasteiger charge is 2.27. The van der Waals surface area contributed by atoms with Gasteiger partial charge in [0, 0.05) is 23.7 Å². The van der Waals surface area contributed by atoms with Crippen LogP contribution in [0.2, 0.25) is 5.02 Å². The second kappa shape index (κ2) is 9.22. The standard InChI is InChI=1S/C24H24ClN3O3S/c1-3-28-24(18-6-12-21(31-2)13-7-18)16-23(26-28)17-4-10-20(11-5-17)27-32(29,30)22-14-8-19(25)9-15-22/h4-15,24,27H,3,16H2,1-2H3. The Morgan fingerprint density at radius 1 is 1.03 bits per heavy atom. The van der Waals surface area contributed by atoms with Crippen molar-refractivity contribution >= 4 is 33.0 Å². The van der Waals surface area contributed by atoms with Crippen LogP contribution in [-0.4, -0.2) is 32.8 Å². The fourth-order valence-electron chi connectivity index (χ4n) is 3.70. The smallest absolute Gasteiger partial charge is 0.261 e. The molecule has 166 valence electrons. The molecule has 1 aliphatic heterocycles. The van der Waals surface area contributed by atoms with Crippen LogP contribution in [0.1, 0.15) is 30.5 Å². The third-order valence-corrected chi connectivity index (χ3v) is 7.06. The molecule has 0 spiro atoms. The number of rotatable bonds is 7. The summed E-state index contributed by atoms with van der Waals surface area (Å²) in [5, 5.41) is 7.37. The van der Waals surface area contributed by atoms with E-state index in [1.807, 2.05) is 24.3 Å². The minimum absolute atomic E-state index is 0.156. The molecule has 1 N–H and O–H groups in total. The van der Waals surface area contributed by atoms with E-state index < -0.39 is 10.0 Å². The summed E-state index contributed by atoms with van der Waals surface area (Å²) in [5.74, 6) is 0.826. The van der Waals surface area contributed by atoms with Crippen molar-refractivity contribution in [2.45, 2.75) is 24.3 Å². The van der Waals surface area contributed by atoms with E-state index in [-0.39, 0.29) is 10.9 Å². The highest BCUT2D eigenvalue weighted by atomic mass is 35.5. The molecule has 0 aliphatic carbocycles. The Labute approximate surface area is 193 Å². The minimum Gasteiger partial charge on any atom is -0.497 e. The van der Waals surface area contributed by atoms with Gasteiger partial charge in [0.25, 0.3) is 10.0 Å². The highest BCUT2D eigenvalue weighted by molar-refractivity contribution is 7.92. The van der Waals surface area contributed by atoms with Crippen molar-refractivity contribution in [3.05, 3.63) is 88.9 Å². The van der Waals surface area contributed by atoms with Crippen molar-refractivity contribution in [2.75, 3.05) is 18.4 Å². The van der Waals surface area contributed by atoms with Gasteiger partial charge in [-0.3, -0.25) is 9.73 Å². The van der Waals surface area contributed by atoms with E-state index in [9.17, 15) is 8.42 Å². The molecule has 1 aliphatic rings. The van der Waals surface area contributed by atoms with E-state index in [4.69, 9.17) is 21.4 Å². The van der Waals surface area contributed by atoms with Crippen LogP contribution in [0.3, 0.4) is 0 Å². The van der Waals surface area contributed by atoms with Crippen molar-refractivity contribution in [3.8, 4) is 5.75 Å². The third kappa shape index (κ3) is 4.74. The zero-order valence-electron chi connectivity index (χ0n) is 17.8. The van der Waals surface area contributed by atoms with Gasteiger partial charge in [-0.25, -0.2) is 8.42 Å². The topological polar surface area (TPSA) is 71.0 Å². The van der Waals surface area contributed by atoms with Crippen LogP contribution in [0.4, 0.5) is 5.69 Å². The molecule has 3 aromatic carbocycles. The van der Waals surface area contributed by atoms with Crippen LogP contribution in [-0.2, 0) is 10.0 Å². The number of methoxy groups -OCH3 is 1. The highest BCUT2D eigenvalue weighted by Crippen LogP contribution is 2.33. The average Bonchev–Trinajstić information content (AvgIpc) is 3.24. The second-order valence-electron chi connectivity index (χ2n) is 7.43. The number of nitrogens with one attached hydrogen (secondary N) is 1. The molecular weight excluding hydrogens is 446 g/mol. The monoisotopic (exact) mass is 469 g/mol. The van der Waals surface area contributed by atoms with Crippen LogP contribution in [0.5, 0.6) is 5.75 Å². The van der Waals surface area contributed by atoms with Gasteiger partial charge in [0.15, 0.2) is 0 Å². The van der Waals surface area contributed by atoms with Crippen LogP contribution >= 0.6 is 11.6 Å². The van der Waals surface area contributed by atoms with Gasteiger partial charge in [0.1, 0.15) is 5.75 Å². The summed E-state index contributed by atoms with van der Waals surface area (Å²) in [6, 6.07) is 21.6. The average molecular weight is 470 g/mol. The van der Waals surface area contributed by atoms with Crippen LogP contribution in [0.25, 0.3) is 0 Å². The fourth-order valence-corrected chi connectivity index (χ4v) is 4.88. The van der Waals surface area contributed by atoms with Gasteiger partial charge < -0.3 is 4.74 Å². The van der Waals surface area contributed by atoms with Gasteiger partial charge in [0.05, 0.1) is 23.8 Å². The Balaban J connectivity index is 1.49. The Morgan fingerprint density at radius 3 is 2.28 bits per heavy atom. The molecule has 0 aromatic heterocycles. The first-order chi connectivity index (χ1) is 15.4. The first kappa shape index (κ1) is 22.2. The SMILES string of the molecule is CCN1N=C(c2ccc(NS(=O)(=O)c3ccc(Cl)cc3)cc2)CC1c1ccc(OC)cc1. The number of ether oxygens (including phenoxy) is 1. The molecule has 1 atom stereocenters. The lowest BCUT2D eigenvalue weighted by atomic mass is 9.98. The molecule has 0 radical (unpaired) electrons. The fraction of sp³-hybridized carbons (Fsp3) is 0.208. The van der Waals surface area contributed by atoms with E-state index >= 15 is 0 Å². The number of hydrogen-bond acceptors (Lipinski definition) is 5. The lowest BCUT2D eigenvalue weighted by Gasteiger charge is -2.22. The zero-order valence-corrected chi connectivity index (χ0v) is 19.4. The second-order valence-corrected chi connectivity index (χ2v) is 9.55. The van der Waals surface area contributed by atoms with Gasteiger partial charge in [-0.1, -0.05) is 35.9 Å². The molecule has 32 heavy (non-hydrogen) atoms. The number of benzene rings is 3. The molecule has 3 aromatic rings. The minimum atomic E-state index is -3.68. The molecule has 6 nitrogen and oxygen atoms in total. The maximum absolute atomic E-state index is 12.6. The van der Waals surface area contributed by atoms with Gasteiger partial charge >= 0.3 is 0 Å². The molecule has 1 unspecified atom stereocenters. The van der Waals surface area contributed by atoms with Gasteiger partial charge in [-0.2, -0.15) is 5.10 Å². The van der Waals surface area contributed by atoms with Crippen molar-refractivity contribution in [1.82, 2.24) is 5.01 Å². The van der Waals surface area contributed by atoms with E-state index in [1.165, 1.54) is 17.7 Å². The number of nitrogens with zero attached hydrogens (tertiary/aromatic N) is 2. The van der Waals surface area contributed by atoms with Crippen LogP contribution in [0, 0.1) is 0 Å². The van der Waals surface area contributed by atoms with Crippen LogP contribution in [0.15, 0.2) is 82.8 Å². The lowest BCUT2D eigenvalue weighted by Crippen LogP contribution is -2.18. The Bertz CT molecular complexity index is 1210. The van der Waals surface area contributed by atoms with Crippen molar-refractivity contribution in [3.63, 3.8) is 0 Å². The summed E-state index contributed by atoms with van der Waals surface area (Å²) in [5.41, 5.74) is 3.61. The van der Waals surface area contributed by atoms with Gasteiger partial charge in [-0.15, -0.1) is 0 Å². The molecule has 4 rings (SSSR count). The van der Waals surface area contributed by atoms with E-state index in [0.29, 0.717) is 10.7 Å². The normalized spacial score (nSPS) is 16.0. The summed E-state index contributed by atoms with van der Waals surface area (Å²) in [6.45, 7) is 2.87. The number of hydrazone groups is 1. The number of halogens is 1. The van der Waals surface area contributed by atoms with Crippen molar-refractivity contribution < 1.29 is 13.2 Å². The number of sulfonamides is 1. The summed E-state index contributed by atoms with van der Waals surface area (Å²) in [4.78, 5) is 0.159. The molecule has 0 amide bonds. The summed E-state index contributed by atoms with van der Waals surface area (Å²) >= 11 is 5.85. The molecule has 8 heteroatoms. The van der Waals surface area contributed by atoms with Crippen molar-refractivity contribution in [1.29, 1.82) is 0 Å². The summed E-state index contributed by atoms with van der Waals surface area (Å²) in [6.07, 6.45) is 0.774. The first-order valence-corrected chi connectivity index (χ1v) is 12.1. The molecule has 1 heterocycles. The number of anilines is 1. The van der Waals surface area contributed by atoms with Crippen molar-refractivity contribution in [2.24, 2.45) is 5.10 Å². The van der Waals surface area contributed by atoms with E-state index in [2.05, 4.69) is 28.8 Å². The third-order valence-electron chi connectivity index (χ3n) is 5.41.